The SMILES string of the molecule is Cc1noc(C)c1Cn1cc(N2C(=O)CC(CCCCc3cccc(F)c3)C2=O)cn1. The van der Waals surface area contributed by atoms with Crippen molar-refractivity contribution in [2.24, 2.45) is 5.92 Å². The highest BCUT2D eigenvalue weighted by atomic mass is 19.1. The number of nitrogens with zero attached hydrogens (tertiary/aromatic N) is 4. The van der Waals surface area contributed by atoms with E-state index in [0.717, 1.165) is 41.8 Å². The minimum atomic E-state index is -0.314. The van der Waals surface area contributed by atoms with Crippen LogP contribution in [0, 0.1) is 25.6 Å². The highest BCUT2D eigenvalue weighted by molar-refractivity contribution is 6.20. The maximum atomic E-state index is 13.3. The molecule has 1 atom stereocenters. The summed E-state index contributed by atoms with van der Waals surface area (Å²) >= 11 is 0. The number of amides is 2. The van der Waals surface area contributed by atoms with Crippen molar-refractivity contribution >= 4 is 17.5 Å². The van der Waals surface area contributed by atoms with Gasteiger partial charge in [0.15, 0.2) is 0 Å². The van der Waals surface area contributed by atoms with Gasteiger partial charge < -0.3 is 4.52 Å². The van der Waals surface area contributed by atoms with Crippen molar-refractivity contribution in [1.82, 2.24) is 14.9 Å². The van der Waals surface area contributed by atoms with Crippen molar-refractivity contribution in [3.63, 3.8) is 0 Å². The number of carbonyl (C=O) groups is 2. The van der Waals surface area contributed by atoms with Gasteiger partial charge in [-0.25, -0.2) is 9.29 Å². The average Bonchev–Trinajstić information content (AvgIpc) is 3.39. The van der Waals surface area contributed by atoms with Crippen LogP contribution in [0.1, 0.15) is 48.3 Å². The minimum Gasteiger partial charge on any atom is -0.361 e. The molecule has 1 aliphatic rings. The van der Waals surface area contributed by atoms with Gasteiger partial charge in [-0.3, -0.25) is 14.3 Å². The molecular formula is C23H25FN4O3. The Labute approximate surface area is 179 Å². The average molecular weight is 424 g/mol. The number of aryl methyl sites for hydroxylation is 3. The molecule has 1 aliphatic heterocycles. The Morgan fingerprint density at radius 2 is 2.06 bits per heavy atom. The van der Waals surface area contributed by atoms with E-state index in [2.05, 4.69) is 10.3 Å². The second kappa shape index (κ2) is 8.83. The fourth-order valence-electron chi connectivity index (χ4n) is 4.05. The van der Waals surface area contributed by atoms with E-state index in [1.807, 2.05) is 19.9 Å². The van der Waals surface area contributed by atoms with E-state index in [-0.39, 0.29) is 30.0 Å². The number of hydrogen-bond donors (Lipinski definition) is 0. The van der Waals surface area contributed by atoms with E-state index in [4.69, 9.17) is 4.52 Å². The molecule has 31 heavy (non-hydrogen) atoms. The van der Waals surface area contributed by atoms with Crippen molar-refractivity contribution < 1.29 is 18.5 Å². The maximum absolute atomic E-state index is 13.3. The normalized spacial score (nSPS) is 16.5. The molecule has 0 radical (unpaired) electrons. The van der Waals surface area contributed by atoms with Crippen molar-refractivity contribution in [2.45, 2.75) is 52.5 Å². The van der Waals surface area contributed by atoms with Crippen LogP contribution < -0.4 is 4.90 Å². The lowest BCUT2D eigenvalue weighted by Crippen LogP contribution is -2.30. The van der Waals surface area contributed by atoms with Gasteiger partial charge in [-0.15, -0.1) is 0 Å². The Morgan fingerprint density at radius 3 is 2.81 bits per heavy atom. The summed E-state index contributed by atoms with van der Waals surface area (Å²) in [7, 11) is 0. The van der Waals surface area contributed by atoms with Gasteiger partial charge in [0, 0.05) is 24.1 Å². The highest BCUT2D eigenvalue weighted by Gasteiger charge is 2.39. The number of hydrogen-bond acceptors (Lipinski definition) is 5. The summed E-state index contributed by atoms with van der Waals surface area (Å²) < 4.78 is 20.1. The summed E-state index contributed by atoms with van der Waals surface area (Å²) in [5.74, 6) is -0.198. The molecule has 0 aliphatic carbocycles. The summed E-state index contributed by atoms with van der Waals surface area (Å²) in [6, 6.07) is 6.56. The summed E-state index contributed by atoms with van der Waals surface area (Å²) in [4.78, 5) is 26.6. The molecule has 3 aromatic rings. The topological polar surface area (TPSA) is 81.2 Å². The molecular weight excluding hydrogens is 399 g/mol. The van der Waals surface area contributed by atoms with Crippen LogP contribution in [0.15, 0.2) is 41.2 Å². The Balaban J connectivity index is 1.33. The fourth-order valence-corrected chi connectivity index (χ4v) is 4.05. The maximum Gasteiger partial charge on any atom is 0.237 e. The number of carbonyl (C=O) groups excluding carboxylic acids is 2. The molecule has 0 spiro atoms. The molecule has 0 N–H and O–H groups in total. The van der Waals surface area contributed by atoms with Gasteiger partial charge in [0.1, 0.15) is 11.6 Å². The van der Waals surface area contributed by atoms with Crippen molar-refractivity contribution in [3.8, 4) is 0 Å². The Kier molecular flexibility index (Phi) is 5.97. The first-order valence-electron chi connectivity index (χ1n) is 10.5. The van der Waals surface area contributed by atoms with E-state index < -0.39 is 0 Å². The highest BCUT2D eigenvalue weighted by Crippen LogP contribution is 2.29. The fraction of sp³-hybridized carbons (Fsp3) is 0.391. The number of rotatable bonds is 8. The van der Waals surface area contributed by atoms with Gasteiger partial charge in [-0.05, 0) is 50.8 Å². The second-order valence-electron chi connectivity index (χ2n) is 8.04. The third kappa shape index (κ3) is 4.57. The van der Waals surface area contributed by atoms with Crippen LogP contribution in [0.4, 0.5) is 10.1 Å². The first kappa shape index (κ1) is 21.0. The largest absolute Gasteiger partial charge is 0.361 e. The van der Waals surface area contributed by atoms with Gasteiger partial charge in [0.25, 0.3) is 0 Å². The van der Waals surface area contributed by atoms with Gasteiger partial charge in [-0.2, -0.15) is 5.10 Å². The number of aromatic nitrogens is 3. The van der Waals surface area contributed by atoms with Crippen molar-refractivity contribution in [3.05, 3.63) is 65.1 Å². The molecule has 1 fully saturated rings. The first-order valence-corrected chi connectivity index (χ1v) is 10.5. The third-order valence-corrected chi connectivity index (χ3v) is 5.78. The molecule has 4 rings (SSSR count). The van der Waals surface area contributed by atoms with Gasteiger partial charge in [-0.1, -0.05) is 23.7 Å². The zero-order valence-corrected chi connectivity index (χ0v) is 17.7. The second-order valence-corrected chi connectivity index (χ2v) is 8.04. The molecule has 8 heteroatoms. The molecule has 0 saturated carbocycles. The molecule has 7 nitrogen and oxygen atoms in total. The van der Waals surface area contributed by atoms with Crippen LogP contribution >= 0.6 is 0 Å². The lowest BCUT2D eigenvalue weighted by Gasteiger charge is -2.12. The Morgan fingerprint density at radius 1 is 1.23 bits per heavy atom. The van der Waals surface area contributed by atoms with E-state index in [0.29, 0.717) is 18.7 Å². The standard InChI is InChI=1S/C23H25FN4O3/c1-15-21(16(2)31-26-15)14-27-13-20(12-25-27)28-22(29)11-18(23(28)30)8-4-3-6-17-7-5-9-19(24)10-17/h5,7,9-10,12-13,18H,3-4,6,8,11,14H2,1-2H3. The first-order chi connectivity index (χ1) is 14.9. The van der Waals surface area contributed by atoms with Crippen LogP contribution in [-0.4, -0.2) is 26.8 Å². The Hall–Kier alpha value is -3.29. The predicted octanol–water partition coefficient (Wildman–Crippen LogP) is 3.97. The van der Waals surface area contributed by atoms with E-state index in [9.17, 15) is 14.0 Å². The number of unbranched alkanes of at least 4 members (excludes halogenated alkanes) is 1. The summed E-state index contributed by atoms with van der Waals surface area (Å²) in [6.07, 6.45) is 6.51. The lowest BCUT2D eigenvalue weighted by atomic mass is 9.98. The molecule has 1 saturated heterocycles. The van der Waals surface area contributed by atoms with Crippen molar-refractivity contribution in [2.75, 3.05) is 4.90 Å². The zero-order valence-electron chi connectivity index (χ0n) is 17.7. The van der Waals surface area contributed by atoms with Gasteiger partial charge >= 0.3 is 0 Å². The number of imide groups is 1. The monoisotopic (exact) mass is 424 g/mol. The lowest BCUT2D eigenvalue weighted by molar-refractivity contribution is -0.122. The molecule has 1 aromatic carbocycles. The number of benzene rings is 1. The quantitative estimate of drug-likeness (QED) is 0.404. The molecule has 1 unspecified atom stereocenters. The Bertz CT molecular complexity index is 1080. The summed E-state index contributed by atoms with van der Waals surface area (Å²) in [5.41, 5.74) is 3.16. The smallest absolute Gasteiger partial charge is 0.237 e. The number of halogens is 1. The van der Waals surface area contributed by atoms with Gasteiger partial charge in [0.2, 0.25) is 11.8 Å². The van der Waals surface area contributed by atoms with E-state index >= 15 is 0 Å². The molecule has 2 aromatic heterocycles. The predicted molar refractivity (Wildman–Crippen MR) is 112 cm³/mol. The van der Waals surface area contributed by atoms with Crippen LogP contribution in [0.3, 0.4) is 0 Å². The summed E-state index contributed by atoms with van der Waals surface area (Å²) in [5, 5.41) is 8.23. The third-order valence-electron chi connectivity index (χ3n) is 5.78. The molecule has 3 heterocycles. The minimum absolute atomic E-state index is 0.173. The van der Waals surface area contributed by atoms with Crippen LogP contribution in [0.2, 0.25) is 0 Å². The van der Waals surface area contributed by atoms with E-state index in [1.54, 1.807) is 23.1 Å². The van der Waals surface area contributed by atoms with Crippen LogP contribution in [0.25, 0.3) is 0 Å². The van der Waals surface area contributed by atoms with Crippen LogP contribution in [-0.2, 0) is 22.6 Å². The summed E-state index contributed by atoms with van der Waals surface area (Å²) in [6.45, 7) is 4.16. The van der Waals surface area contributed by atoms with Crippen LogP contribution in [0.5, 0.6) is 0 Å². The molecule has 2 amide bonds. The van der Waals surface area contributed by atoms with Crippen molar-refractivity contribution in [1.29, 1.82) is 0 Å². The van der Waals surface area contributed by atoms with E-state index in [1.165, 1.54) is 17.0 Å². The molecule has 162 valence electrons. The zero-order chi connectivity index (χ0) is 22.0. The van der Waals surface area contributed by atoms with Gasteiger partial charge in [0.05, 0.1) is 24.1 Å². The molecule has 0 bridgehead atoms. The number of anilines is 1.